The molecule has 1 aliphatic carbocycles. The molecule has 0 aromatic heterocycles. The topological polar surface area (TPSA) is 38.8 Å². The number of methoxy groups -OCH3 is 1. The van der Waals surface area contributed by atoms with Crippen LogP contribution in [0.15, 0.2) is 36.4 Å². The Hall–Kier alpha value is -2.49. The largest absolute Gasteiger partial charge is 0.496 e. The fraction of sp³-hybridized carbons (Fsp3) is 0.552. The van der Waals surface area contributed by atoms with Crippen LogP contribution in [0.2, 0.25) is 0 Å². The quantitative estimate of drug-likeness (QED) is 0.513. The summed E-state index contributed by atoms with van der Waals surface area (Å²) in [7, 11) is 1.78. The van der Waals surface area contributed by atoms with Crippen LogP contribution >= 0.6 is 0 Å². The lowest BCUT2D eigenvalue weighted by Crippen LogP contribution is -2.41. The summed E-state index contributed by atoms with van der Waals surface area (Å²) in [6, 6.07) is 13.6. The van der Waals surface area contributed by atoms with Gasteiger partial charge in [0, 0.05) is 18.7 Å². The first-order valence-corrected chi connectivity index (χ1v) is 12.5. The Kier molecular flexibility index (Phi) is 7.02. The molecule has 33 heavy (non-hydrogen) atoms. The average molecular weight is 450 g/mol. The maximum Gasteiger partial charge on any atom is 0.410 e. The van der Waals surface area contributed by atoms with Crippen molar-refractivity contribution in [3.05, 3.63) is 64.2 Å². The average Bonchev–Trinajstić information content (AvgIpc) is 3.21. The van der Waals surface area contributed by atoms with E-state index < -0.39 is 5.60 Å². The summed E-state index contributed by atoms with van der Waals surface area (Å²) in [5.74, 6) is 2.09. The fourth-order valence-electron chi connectivity index (χ4n) is 5.60. The maximum atomic E-state index is 12.4. The highest BCUT2D eigenvalue weighted by Crippen LogP contribution is 2.41. The molecule has 0 spiro atoms. The molecule has 4 heteroatoms. The minimum atomic E-state index is -0.441. The number of hydrogen-bond donors (Lipinski definition) is 0. The molecular formula is C29H39NO3. The van der Waals surface area contributed by atoms with Gasteiger partial charge >= 0.3 is 6.09 Å². The Morgan fingerprint density at radius 2 is 1.85 bits per heavy atom. The van der Waals surface area contributed by atoms with Crippen molar-refractivity contribution in [3.8, 4) is 5.75 Å². The third-order valence-electron chi connectivity index (χ3n) is 7.20. The Balaban J connectivity index is 1.43. The fourth-order valence-corrected chi connectivity index (χ4v) is 5.60. The van der Waals surface area contributed by atoms with E-state index in [1.807, 2.05) is 25.7 Å². The van der Waals surface area contributed by atoms with E-state index in [0.717, 1.165) is 50.9 Å². The third kappa shape index (κ3) is 5.37. The number of hydrogen-bond acceptors (Lipinski definition) is 3. The number of amides is 1. The summed E-state index contributed by atoms with van der Waals surface area (Å²) in [6.45, 7) is 9.56. The van der Waals surface area contributed by atoms with Crippen LogP contribution in [-0.2, 0) is 24.0 Å². The zero-order valence-corrected chi connectivity index (χ0v) is 20.9. The van der Waals surface area contributed by atoms with Crippen LogP contribution in [0.1, 0.15) is 86.6 Å². The van der Waals surface area contributed by atoms with Gasteiger partial charge in [-0.05, 0) is 99.5 Å². The van der Waals surface area contributed by atoms with E-state index in [0.29, 0.717) is 11.8 Å². The lowest BCUT2D eigenvalue weighted by atomic mass is 9.84. The van der Waals surface area contributed by atoms with Crippen LogP contribution in [0.4, 0.5) is 4.79 Å². The van der Waals surface area contributed by atoms with Gasteiger partial charge in [-0.15, -0.1) is 0 Å². The van der Waals surface area contributed by atoms with Crippen LogP contribution in [-0.4, -0.2) is 36.8 Å². The van der Waals surface area contributed by atoms with Crippen LogP contribution in [0.5, 0.6) is 5.75 Å². The first kappa shape index (κ1) is 23.7. The van der Waals surface area contributed by atoms with Crippen molar-refractivity contribution in [3.63, 3.8) is 0 Å². The van der Waals surface area contributed by atoms with Crippen molar-refractivity contribution in [2.75, 3.05) is 20.2 Å². The molecule has 1 amide bonds. The molecule has 1 atom stereocenters. The second-order valence-electron chi connectivity index (χ2n) is 10.6. The molecule has 1 unspecified atom stereocenters. The van der Waals surface area contributed by atoms with Crippen LogP contribution < -0.4 is 4.74 Å². The van der Waals surface area contributed by atoms with Gasteiger partial charge in [0.1, 0.15) is 11.4 Å². The minimum absolute atomic E-state index is 0.181. The molecule has 0 N–H and O–H groups in total. The summed E-state index contributed by atoms with van der Waals surface area (Å²) in [4.78, 5) is 14.3. The number of piperidine rings is 1. The monoisotopic (exact) mass is 449 g/mol. The van der Waals surface area contributed by atoms with Gasteiger partial charge in [-0.1, -0.05) is 37.3 Å². The molecule has 1 fully saturated rings. The predicted octanol–water partition coefficient (Wildman–Crippen LogP) is 6.64. The van der Waals surface area contributed by atoms with Crippen molar-refractivity contribution in [2.24, 2.45) is 0 Å². The third-order valence-corrected chi connectivity index (χ3v) is 7.20. The summed E-state index contributed by atoms with van der Waals surface area (Å²) in [6.07, 6.45) is 6.27. The molecule has 1 aliphatic heterocycles. The second-order valence-corrected chi connectivity index (χ2v) is 10.6. The van der Waals surface area contributed by atoms with Gasteiger partial charge in [0.05, 0.1) is 7.11 Å². The molecule has 0 saturated carbocycles. The highest BCUT2D eigenvalue weighted by atomic mass is 16.6. The first-order valence-electron chi connectivity index (χ1n) is 12.5. The standard InChI is InChI=1S/C29H39NO3/c1-6-21-18-20(19-24-12-11-23-8-7-9-26(32-5)27(23)24)10-13-25(21)22-14-16-30(17-15-22)28(31)33-29(2,3)4/h7-10,13,18,22,24H,6,11-12,14-17,19H2,1-5H3. The Morgan fingerprint density at radius 1 is 1.09 bits per heavy atom. The van der Waals surface area contributed by atoms with E-state index >= 15 is 0 Å². The number of fused-ring (bicyclic) bond motifs is 1. The summed E-state index contributed by atoms with van der Waals surface area (Å²) in [5.41, 5.74) is 6.77. The highest BCUT2D eigenvalue weighted by molar-refractivity contribution is 5.68. The first-order chi connectivity index (χ1) is 15.8. The van der Waals surface area contributed by atoms with Crippen LogP contribution in [0, 0.1) is 0 Å². The lowest BCUT2D eigenvalue weighted by molar-refractivity contribution is 0.0204. The van der Waals surface area contributed by atoms with E-state index in [1.54, 1.807) is 7.11 Å². The van der Waals surface area contributed by atoms with Gasteiger partial charge < -0.3 is 14.4 Å². The number of benzene rings is 2. The number of aryl methyl sites for hydroxylation is 2. The molecule has 4 rings (SSSR count). The van der Waals surface area contributed by atoms with Gasteiger partial charge in [-0.2, -0.15) is 0 Å². The van der Waals surface area contributed by atoms with Gasteiger partial charge in [-0.25, -0.2) is 4.79 Å². The van der Waals surface area contributed by atoms with Crippen molar-refractivity contribution in [1.82, 2.24) is 4.90 Å². The smallest absolute Gasteiger partial charge is 0.410 e. The SMILES string of the molecule is CCc1cc(CC2CCc3cccc(OC)c32)ccc1C1CCN(C(=O)OC(C)(C)C)CC1. The van der Waals surface area contributed by atoms with E-state index in [-0.39, 0.29) is 6.09 Å². The summed E-state index contributed by atoms with van der Waals surface area (Å²) in [5, 5.41) is 0. The molecule has 0 bridgehead atoms. The molecule has 1 saturated heterocycles. The van der Waals surface area contributed by atoms with E-state index in [2.05, 4.69) is 43.3 Å². The molecular weight excluding hydrogens is 410 g/mol. The highest BCUT2D eigenvalue weighted by Gasteiger charge is 2.29. The van der Waals surface area contributed by atoms with Crippen LogP contribution in [0.3, 0.4) is 0 Å². The van der Waals surface area contributed by atoms with E-state index in [1.165, 1.54) is 34.2 Å². The molecule has 1 heterocycles. The molecule has 2 aromatic carbocycles. The predicted molar refractivity (Wildman–Crippen MR) is 133 cm³/mol. The molecule has 178 valence electrons. The van der Waals surface area contributed by atoms with Crippen molar-refractivity contribution >= 4 is 6.09 Å². The lowest BCUT2D eigenvalue weighted by Gasteiger charge is -2.34. The number of carbonyl (C=O) groups excluding carboxylic acids is 1. The number of likely N-dealkylation sites (tertiary alicyclic amines) is 1. The number of nitrogens with zero attached hydrogens (tertiary/aromatic N) is 1. The number of carbonyl (C=O) groups is 1. The van der Waals surface area contributed by atoms with Gasteiger partial charge in [0.25, 0.3) is 0 Å². The molecule has 2 aromatic rings. The van der Waals surface area contributed by atoms with E-state index in [9.17, 15) is 4.79 Å². The second kappa shape index (κ2) is 9.79. The minimum Gasteiger partial charge on any atom is -0.496 e. The van der Waals surface area contributed by atoms with Gasteiger partial charge in [0.2, 0.25) is 0 Å². The zero-order chi connectivity index (χ0) is 23.6. The van der Waals surface area contributed by atoms with Crippen molar-refractivity contribution in [1.29, 1.82) is 0 Å². The molecule has 4 nitrogen and oxygen atoms in total. The Labute approximate surface area is 199 Å². The van der Waals surface area contributed by atoms with Crippen LogP contribution in [0.25, 0.3) is 0 Å². The normalized spacial score (nSPS) is 18.8. The van der Waals surface area contributed by atoms with Gasteiger partial charge in [-0.3, -0.25) is 0 Å². The number of rotatable bonds is 5. The van der Waals surface area contributed by atoms with E-state index in [4.69, 9.17) is 9.47 Å². The summed E-state index contributed by atoms with van der Waals surface area (Å²) >= 11 is 0. The Morgan fingerprint density at radius 3 is 2.52 bits per heavy atom. The van der Waals surface area contributed by atoms with Crippen molar-refractivity contribution < 1.29 is 14.3 Å². The zero-order valence-electron chi connectivity index (χ0n) is 20.9. The molecule has 0 radical (unpaired) electrons. The van der Waals surface area contributed by atoms with Crippen molar-refractivity contribution in [2.45, 2.75) is 83.7 Å². The molecule has 2 aliphatic rings. The summed E-state index contributed by atoms with van der Waals surface area (Å²) < 4.78 is 11.2. The Bertz CT molecular complexity index is 983. The maximum absolute atomic E-state index is 12.4. The van der Waals surface area contributed by atoms with Gasteiger partial charge in [0.15, 0.2) is 0 Å². The number of ether oxygens (including phenoxy) is 2.